The molecule has 4 heteroatoms. The van der Waals surface area contributed by atoms with Crippen molar-refractivity contribution in [2.75, 3.05) is 19.8 Å². The van der Waals surface area contributed by atoms with E-state index in [9.17, 15) is 10.2 Å². The first-order chi connectivity index (χ1) is 12.3. The van der Waals surface area contributed by atoms with Crippen molar-refractivity contribution in [1.29, 1.82) is 0 Å². The van der Waals surface area contributed by atoms with E-state index in [1.807, 2.05) is 0 Å². The first-order valence-electron chi connectivity index (χ1n) is 10.9. The lowest BCUT2D eigenvalue weighted by Crippen LogP contribution is -2.37. The van der Waals surface area contributed by atoms with E-state index in [2.05, 4.69) is 12.2 Å². The maximum Gasteiger partial charge on any atom is 0.0986 e. The van der Waals surface area contributed by atoms with E-state index in [-0.39, 0.29) is 6.04 Å². The number of hydrogen-bond acceptors (Lipinski definition) is 4. The number of β-amino-alcohol motifs (C(OH)–C–C–N with tert-alkyl or cyclic N) is 1. The largest absolute Gasteiger partial charge is 0.389 e. The minimum atomic E-state index is -0.684. The van der Waals surface area contributed by atoms with Gasteiger partial charge in [-0.05, 0) is 6.42 Å². The molecular weight excluding hydrogens is 314 g/mol. The molecule has 0 aromatic rings. The second kappa shape index (κ2) is 16.0. The fourth-order valence-electron chi connectivity index (χ4n) is 3.55. The van der Waals surface area contributed by atoms with Gasteiger partial charge in [-0.3, -0.25) is 0 Å². The topological polar surface area (TPSA) is 61.7 Å². The Morgan fingerprint density at radius 2 is 1.24 bits per heavy atom. The van der Waals surface area contributed by atoms with E-state index in [1.54, 1.807) is 0 Å². The van der Waals surface area contributed by atoms with Crippen molar-refractivity contribution in [2.45, 2.75) is 115 Å². The molecular formula is C21H43NO3. The summed E-state index contributed by atoms with van der Waals surface area (Å²) in [5, 5.41) is 22.2. The maximum absolute atomic E-state index is 9.69. The van der Waals surface area contributed by atoms with E-state index in [0.717, 1.165) is 13.0 Å². The molecule has 0 bridgehead atoms. The lowest BCUT2D eigenvalue weighted by molar-refractivity contribution is 0.0148. The fraction of sp³-hybridized carbons (Fsp3) is 1.00. The van der Waals surface area contributed by atoms with Crippen LogP contribution < -0.4 is 5.32 Å². The summed E-state index contributed by atoms with van der Waals surface area (Å²) < 4.78 is 5.61. The lowest BCUT2D eigenvalue weighted by Gasteiger charge is -2.15. The van der Waals surface area contributed by atoms with Crippen LogP contribution in [0.5, 0.6) is 0 Å². The predicted octanol–water partition coefficient (Wildman–Crippen LogP) is 4.18. The average molecular weight is 358 g/mol. The molecule has 25 heavy (non-hydrogen) atoms. The molecule has 0 aromatic heterocycles. The fourth-order valence-corrected chi connectivity index (χ4v) is 3.55. The zero-order valence-corrected chi connectivity index (χ0v) is 16.6. The summed E-state index contributed by atoms with van der Waals surface area (Å²) >= 11 is 0. The van der Waals surface area contributed by atoms with Crippen molar-refractivity contribution in [3.8, 4) is 0 Å². The van der Waals surface area contributed by atoms with E-state index in [1.165, 1.54) is 83.5 Å². The first kappa shape index (κ1) is 22.9. The van der Waals surface area contributed by atoms with Crippen LogP contribution in [0.3, 0.4) is 0 Å². The quantitative estimate of drug-likeness (QED) is 0.342. The third kappa shape index (κ3) is 12.0. The Kier molecular flexibility index (Phi) is 14.7. The Balaban J connectivity index is 1.71. The van der Waals surface area contributed by atoms with Crippen LogP contribution in [0.2, 0.25) is 0 Å². The summed E-state index contributed by atoms with van der Waals surface area (Å²) in [5.74, 6) is 0. The molecule has 1 aliphatic rings. The third-order valence-electron chi connectivity index (χ3n) is 5.34. The lowest BCUT2D eigenvalue weighted by atomic mass is 10.0. The second-order valence-electron chi connectivity index (χ2n) is 7.74. The molecule has 0 spiro atoms. The highest BCUT2D eigenvalue weighted by molar-refractivity contribution is 4.90. The van der Waals surface area contributed by atoms with E-state index in [0.29, 0.717) is 13.2 Å². The summed E-state index contributed by atoms with van der Waals surface area (Å²) in [6, 6.07) is -0.110. The van der Waals surface area contributed by atoms with Crippen LogP contribution >= 0.6 is 0 Å². The molecule has 1 heterocycles. The van der Waals surface area contributed by atoms with Crippen LogP contribution in [0, 0.1) is 0 Å². The van der Waals surface area contributed by atoms with Gasteiger partial charge in [0.25, 0.3) is 0 Å². The van der Waals surface area contributed by atoms with Gasteiger partial charge in [0.05, 0.1) is 24.9 Å². The number of hydrogen-bond donors (Lipinski definition) is 3. The maximum atomic E-state index is 9.69. The number of aliphatic hydroxyl groups excluding tert-OH is 2. The smallest absolute Gasteiger partial charge is 0.0986 e. The third-order valence-corrected chi connectivity index (χ3v) is 5.34. The highest BCUT2D eigenvalue weighted by Gasteiger charge is 2.32. The highest BCUT2D eigenvalue weighted by atomic mass is 16.5. The van der Waals surface area contributed by atoms with Gasteiger partial charge < -0.3 is 20.3 Å². The molecule has 3 N–H and O–H groups in total. The summed E-state index contributed by atoms with van der Waals surface area (Å²) in [4.78, 5) is 0. The van der Waals surface area contributed by atoms with E-state index in [4.69, 9.17) is 4.74 Å². The van der Waals surface area contributed by atoms with Crippen LogP contribution in [-0.2, 0) is 4.74 Å². The van der Waals surface area contributed by atoms with E-state index < -0.39 is 12.2 Å². The van der Waals surface area contributed by atoms with Gasteiger partial charge >= 0.3 is 0 Å². The minimum Gasteiger partial charge on any atom is -0.389 e. The van der Waals surface area contributed by atoms with Gasteiger partial charge in [-0.1, -0.05) is 90.4 Å². The monoisotopic (exact) mass is 357 g/mol. The number of unbranched alkanes of at least 4 members (excludes halogenated alkanes) is 13. The molecule has 1 fully saturated rings. The van der Waals surface area contributed by atoms with Gasteiger partial charge in [0, 0.05) is 13.2 Å². The van der Waals surface area contributed by atoms with Crippen LogP contribution in [0.25, 0.3) is 0 Å². The van der Waals surface area contributed by atoms with Gasteiger partial charge in [-0.15, -0.1) is 0 Å². The zero-order chi connectivity index (χ0) is 18.2. The standard InChI is InChI=1S/C21H43NO3/c1-2-3-4-5-6-7-8-9-10-11-12-13-14-15-16-25-18-19-21(24)20(23)17-22-19/h19-24H,2-18H2,1H3/t19-,20+,21-/m1/s1. The predicted molar refractivity (Wildman–Crippen MR) is 105 cm³/mol. The molecule has 1 aliphatic heterocycles. The van der Waals surface area contributed by atoms with Crippen LogP contribution in [0.15, 0.2) is 0 Å². The van der Waals surface area contributed by atoms with Crippen molar-refractivity contribution < 1.29 is 14.9 Å². The Morgan fingerprint density at radius 1 is 0.760 bits per heavy atom. The normalized spacial score (nSPS) is 23.4. The average Bonchev–Trinajstić information content (AvgIpc) is 2.93. The van der Waals surface area contributed by atoms with Gasteiger partial charge in [-0.2, -0.15) is 0 Å². The van der Waals surface area contributed by atoms with Crippen LogP contribution in [0.4, 0.5) is 0 Å². The van der Waals surface area contributed by atoms with Gasteiger partial charge in [0.15, 0.2) is 0 Å². The number of nitrogens with one attached hydrogen (secondary N) is 1. The summed E-state index contributed by atoms with van der Waals surface area (Å²) in [5.41, 5.74) is 0. The molecule has 4 nitrogen and oxygen atoms in total. The molecule has 0 saturated carbocycles. The van der Waals surface area contributed by atoms with Crippen molar-refractivity contribution >= 4 is 0 Å². The number of ether oxygens (including phenoxy) is 1. The molecule has 0 radical (unpaired) electrons. The van der Waals surface area contributed by atoms with Crippen LogP contribution in [-0.4, -0.2) is 48.2 Å². The van der Waals surface area contributed by atoms with Crippen molar-refractivity contribution in [3.63, 3.8) is 0 Å². The van der Waals surface area contributed by atoms with E-state index >= 15 is 0 Å². The Hall–Kier alpha value is -0.160. The molecule has 0 unspecified atom stereocenters. The van der Waals surface area contributed by atoms with Crippen molar-refractivity contribution in [3.05, 3.63) is 0 Å². The first-order valence-corrected chi connectivity index (χ1v) is 10.9. The summed E-state index contributed by atoms with van der Waals surface area (Å²) in [7, 11) is 0. The summed E-state index contributed by atoms with van der Waals surface area (Å²) in [6.45, 7) is 4.00. The van der Waals surface area contributed by atoms with Crippen molar-refractivity contribution in [1.82, 2.24) is 5.32 Å². The van der Waals surface area contributed by atoms with Crippen LogP contribution in [0.1, 0.15) is 96.8 Å². The van der Waals surface area contributed by atoms with Gasteiger partial charge in [0.1, 0.15) is 0 Å². The molecule has 1 rings (SSSR count). The molecule has 0 aliphatic carbocycles. The Bertz CT molecular complexity index is 288. The minimum absolute atomic E-state index is 0.110. The number of rotatable bonds is 17. The highest BCUT2D eigenvalue weighted by Crippen LogP contribution is 2.13. The van der Waals surface area contributed by atoms with Crippen molar-refractivity contribution in [2.24, 2.45) is 0 Å². The molecule has 0 amide bonds. The second-order valence-corrected chi connectivity index (χ2v) is 7.74. The molecule has 150 valence electrons. The molecule has 0 aromatic carbocycles. The summed E-state index contributed by atoms with van der Waals surface area (Å²) in [6.07, 6.45) is 17.8. The SMILES string of the molecule is CCCCCCCCCCCCCCCCOC[C@H]1NC[C@H](O)[C@@H]1O. The Morgan fingerprint density at radius 3 is 1.68 bits per heavy atom. The number of aliphatic hydroxyl groups is 2. The van der Waals surface area contributed by atoms with Gasteiger partial charge in [-0.25, -0.2) is 0 Å². The Labute approximate surface area is 155 Å². The molecule has 1 saturated heterocycles. The molecule has 3 atom stereocenters. The van der Waals surface area contributed by atoms with Gasteiger partial charge in [0.2, 0.25) is 0 Å². The zero-order valence-electron chi connectivity index (χ0n) is 16.6.